The Morgan fingerprint density at radius 3 is 2.53 bits per heavy atom. The number of carboxylic acids is 1. The predicted molar refractivity (Wildman–Crippen MR) is 143 cm³/mol. The van der Waals surface area contributed by atoms with Gasteiger partial charge in [0.2, 0.25) is 5.91 Å². The number of aliphatic carboxylic acids is 1. The highest BCUT2D eigenvalue weighted by Crippen LogP contribution is 2.35. The highest BCUT2D eigenvalue weighted by atomic mass is 32.2. The molecule has 2 aromatic rings. The zero-order valence-electron chi connectivity index (χ0n) is 21.9. The smallest absolute Gasteiger partial charge is 0.408 e. The minimum absolute atomic E-state index is 0.174. The molecule has 0 spiro atoms. The van der Waals surface area contributed by atoms with Crippen LogP contribution in [0.3, 0.4) is 0 Å². The Morgan fingerprint density at radius 1 is 1.16 bits per heavy atom. The normalized spacial score (nSPS) is 16.2. The van der Waals surface area contributed by atoms with Gasteiger partial charge in [-0.25, -0.2) is 4.79 Å². The molecule has 1 aliphatic heterocycles. The number of carbonyl (C=O) groups excluding carboxylic acids is 3. The molecule has 0 saturated heterocycles. The van der Waals surface area contributed by atoms with Crippen molar-refractivity contribution in [2.75, 3.05) is 23.8 Å². The van der Waals surface area contributed by atoms with Gasteiger partial charge in [-0.3, -0.25) is 19.3 Å². The van der Waals surface area contributed by atoms with E-state index in [-0.39, 0.29) is 19.0 Å². The first-order valence-corrected chi connectivity index (χ1v) is 13.1. The van der Waals surface area contributed by atoms with Crippen molar-refractivity contribution in [3.63, 3.8) is 0 Å². The number of rotatable bonds is 9. The fourth-order valence-electron chi connectivity index (χ4n) is 3.69. The van der Waals surface area contributed by atoms with Crippen LogP contribution >= 0.6 is 11.8 Å². The maximum Gasteiger partial charge on any atom is 0.408 e. The highest BCUT2D eigenvalue weighted by molar-refractivity contribution is 7.99. The summed E-state index contributed by atoms with van der Waals surface area (Å²) in [5.41, 5.74) is 1.53. The molecule has 1 unspecified atom stereocenters. The summed E-state index contributed by atoms with van der Waals surface area (Å²) in [6.45, 7) is 6.48. The number of amides is 3. The number of alkyl carbamates (subject to hydrolysis) is 1. The number of hydrogen-bond donors (Lipinski definition) is 3. The van der Waals surface area contributed by atoms with Gasteiger partial charge in [-0.15, -0.1) is 11.8 Å². The number of ether oxygens (including phenoxy) is 2. The largest absolute Gasteiger partial charge is 0.480 e. The summed E-state index contributed by atoms with van der Waals surface area (Å²) in [5, 5.41) is 14.6. The van der Waals surface area contributed by atoms with Crippen LogP contribution in [0.25, 0.3) is 0 Å². The lowest BCUT2D eigenvalue weighted by Gasteiger charge is -2.27. The minimum Gasteiger partial charge on any atom is -0.480 e. The molecule has 1 heterocycles. The fourth-order valence-corrected chi connectivity index (χ4v) is 4.85. The summed E-state index contributed by atoms with van der Waals surface area (Å²) in [4.78, 5) is 52.6. The van der Waals surface area contributed by atoms with Crippen molar-refractivity contribution in [1.82, 2.24) is 10.6 Å². The molecule has 3 N–H and O–H groups in total. The van der Waals surface area contributed by atoms with Gasteiger partial charge in [0.15, 0.2) is 0 Å². The Labute approximate surface area is 226 Å². The quantitative estimate of drug-likeness (QED) is 0.439. The number of nitrogens with zero attached hydrogens (tertiary/aromatic N) is 1. The maximum absolute atomic E-state index is 13.4. The van der Waals surface area contributed by atoms with Gasteiger partial charge in [-0.2, -0.15) is 0 Å². The van der Waals surface area contributed by atoms with E-state index in [1.165, 1.54) is 11.8 Å². The van der Waals surface area contributed by atoms with Crippen molar-refractivity contribution >= 4 is 41.3 Å². The molecule has 2 atom stereocenters. The second kappa shape index (κ2) is 12.8. The summed E-state index contributed by atoms with van der Waals surface area (Å²) in [5.74, 6) is -2.21. The van der Waals surface area contributed by atoms with Gasteiger partial charge in [-0.05, 0) is 51.0 Å². The van der Waals surface area contributed by atoms with E-state index < -0.39 is 48.1 Å². The molecule has 3 rings (SSSR count). The first-order chi connectivity index (χ1) is 17.9. The van der Waals surface area contributed by atoms with Gasteiger partial charge in [-0.1, -0.05) is 36.4 Å². The van der Waals surface area contributed by atoms with E-state index in [0.717, 1.165) is 20.9 Å². The van der Waals surface area contributed by atoms with Crippen LogP contribution in [0.1, 0.15) is 31.9 Å². The van der Waals surface area contributed by atoms with Gasteiger partial charge < -0.3 is 25.2 Å². The van der Waals surface area contributed by atoms with Crippen molar-refractivity contribution < 1.29 is 33.8 Å². The first kappa shape index (κ1) is 29.0. The molecule has 0 aromatic heterocycles. The fraction of sp³-hybridized carbons (Fsp3) is 0.407. The average molecular weight is 544 g/mol. The summed E-state index contributed by atoms with van der Waals surface area (Å²) in [7, 11) is 0. The van der Waals surface area contributed by atoms with Gasteiger partial charge in [0, 0.05) is 10.6 Å². The van der Waals surface area contributed by atoms with Gasteiger partial charge in [0.25, 0.3) is 5.91 Å². The minimum atomic E-state index is -1.18. The predicted octanol–water partition coefficient (Wildman–Crippen LogP) is 3.11. The standard InChI is InChI=1S/C27H33N3O7S/c1-17-10-11-21-22(12-17)38-16-20(25(34)30(21)13-23(31)32)28-24(33)19(29-26(35)37-27(2,3)4)15-36-14-18-8-6-5-7-9-18/h5-12,19-20H,13-16H2,1-4H3,(H,28,33)(H,29,35)(H,31,32)/t19-,20?/m0/s1. The molecule has 38 heavy (non-hydrogen) atoms. The summed E-state index contributed by atoms with van der Waals surface area (Å²) < 4.78 is 11.0. The van der Waals surface area contributed by atoms with E-state index in [1.807, 2.05) is 43.3 Å². The molecule has 10 nitrogen and oxygen atoms in total. The number of carbonyl (C=O) groups is 4. The SMILES string of the molecule is Cc1ccc2c(c1)SCC(NC(=O)[C@H](COCc1ccccc1)NC(=O)OC(C)(C)C)C(=O)N2CC(=O)O. The van der Waals surface area contributed by atoms with Gasteiger partial charge in [0.1, 0.15) is 24.2 Å². The van der Waals surface area contributed by atoms with Gasteiger partial charge >= 0.3 is 12.1 Å². The van der Waals surface area contributed by atoms with Crippen LogP contribution in [-0.2, 0) is 30.5 Å². The number of benzene rings is 2. The third-order valence-corrected chi connectivity index (χ3v) is 6.53. The molecule has 0 radical (unpaired) electrons. The van der Waals surface area contributed by atoms with E-state index in [0.29, 0.717) is 5.69 Å². The summed E-state index contributed by atoms with van der Waals surface area (Å²) in [6, 6.07) is 12.5. The van der Waals surface area contributed by atoms with E-state index in [1.54, 1.807) is 32.9 Å². The van der Waals surface area contributed by atoms with Crippen LogP contribution in [0, 0.1) is 6.92 Å². The third kappa shape index (κ3) is 8.49. The molecular weight excluding hydrogens is 510 g/mol. The Hall–Kier alpha value is -3.57. The molecule has 2 aromatic carbocycles. The zero-order valence-corrected chi connectivity index (χ0v) is 22.7. The van der Waals surface area contributed by atoms with Crippen molar-refractivity contribution in [1.29, 1.82) is 0 Å². The van der Waals surface area contributed by atoms with E-state index >= 15 is 0 Å². The molecule has 204 valence electrons. The molecular formula is C27H33N3O7S. The van der Waals surface area contributed by atoms with E-state index in [2.05, 4.69) is 10.6 Å². The Balaban J connectivity index is 1.76. The van der Waals surface area contributed by atoms with Crippen LogP contribution in [0.2, 0.25) is 0 Å². The van der Waals surface area contributed by atoms with Crippen molar-refractivity contribution in [2.45, 2.75) is 56.9 Å². The number of carboxylic acid groups (broad SMARTS) is 1. The molecule has 0 aliphatic carbocycles. The highest BCUT2D eigenvalue weighted by Gasteiger charge is 2.35. The molecule has 1 aliphatic rings. The average Bonchev–Trinajstić information content (AvgIpc) is 2.94. The summed E-state index contributed by atoms with van der Waals surface area (Å²) >= 11 is 1.34. The molecule has 11 heteroatoms. The second-order valence-electron chi connectivity index (χ2n) is 9.86. The van der Waals surface area contributed by atoms with Crippen LogP contribution in [0.15, 0.2) is 53.4 Å². The number of fused-ring (bicyclic) bond motifs is 1. The maximum atomic E-state index is 13.4. The molecule has 0 fully saturated rings. The van der Waals surface area contributed by atoms with Crippen molar-refractivity contribution in [3.05, 3.63) is 59.7 Å². The Bertz CT molecular complexity index is 1170. The lowest BCUT2D eigenvalue weighted by Crippen LogP contribution is -2.57. The number of aryl methyl sites for hydroxylation is 1. The van der Waals surface area contributed by atoms with Crippen LogP contribution in [0.5, 0.6) is 0 Å². The lowest BCUT2D eigenvalue weighted by molar-refractivity contribution is -0.137. The van der Waals surface area contributed by atoms with E-state index in [4.69, 9.17) is 9.47 Å². The van der Waals surface area contributed by atoms with Crippen LogP contribution in [0.4, 0.5) is 10.5 Å². The zero-order chi connectivity index (χ0) is 27.9. The van der Waals surface area contributed by atoms with Crippen LogP contribution < -0.4 is 15.5 Å². The molecule has 0 saturated carbocycles. The molecule has 3 amide bonds. The van der Waals surface area contributed by atoms with E-state index in [9.17, 15) is 24.3 Å². The van der Waals surface area contributed by atoms with Crippen molar-refractivity contribution in [2.24, 2.45) is 0 Å². The topological polar surface area (TPSA) is 134 Å². The summed E-state index contributed by atoms with van der Waals surface area (Å²) in [6.07, 6.45) is -0.807. The first-order valence-electron chi connectivity index (χ1n) is 12.1. The van der Waals surface area contributed by atoms with Crippen molar-refractivity contribution in [3.8, 4) is 0 Å². The monoisotopic (exact) mass is 543 g/mol. The molecule has 0 bridgehead atoms. The number of anilines is 1. The van der Waals surface area contributed by atoms with Gasteiger partial charge in [0.05, 0.1) is 18.9 Å². The lowest BCUT2D eigenvalue weighted by atomic mass is 10.1. The van der Waals surface area contributed by atoms with Crippen LogP contribution in [-0.4, -0.2) is 65.6 Å². The number of thioether (sulfide) groups is 1. The Kier molecular flexibility index (Phi) is 9.76. The second-order valence-corrected chi connectivity index (χ2v) is 10.9. The Morgan fingerprint density at radius 2 is 1.87 bits per heavy atom. The number of nitrogens with one attached hydrogen (secondary N) is 2. The third-order valence-electron chi connectivity index (χ3n) is 5.39. The number of hydrogen-bond acceptors (Lipinski definition) is 7.